The fourth-order valence-corrected chi connectivity index (χ4v) is 14.1. The Morgan fingerprint density at radius 1 is 0.141 bits per heavy atom. The molecule has 0 saturated carbocycles. The minimum absolute atomic E-state index is 0.930. The normalized spacial score (nSPS) is 11.2. The maximum atomic E-state index is 5.26. The molecule has 0 N–H and O–H groups in total. The molecule has 0 fully saturated rings. The van der Waals surface area contributed by atoms with Crippen molar-refractivity contribution in [3.05, 3.63) is 381 Å². The van der Waals surface area contributed by atoms with Crippen LogP contribution < -0.4 is 0 Å². The third kappa shape index (κ3) is 12.8. The molecule has 3 heteroatoms. The lowest BCUT2D eigenvalue weighted by molar-refractivity contribution is 1.28. The Hall–Kier alpha value is -12.7. The molecule has 13 aromatic carbocycles. The summed E-state index contributed by atoms with van der Waals surface area (Å²) in [5.41, 5.74) is 36.7. The van der Waals surface area contributed by atoms with Crippen LogP contribution in [0.1, 0.15) is 16.7 Å². The van der Waals surface area contributed by atoms with Crippen LogP contribution in [0.3, 0.4) is 0 Å². The van der Waals surface area contributed by atoms with E-state index in [0.29, 0.717) is 0 Å². The van der Waals surface area contributed by atoms with E-state index >= 15 is 0 Å². The summed E-state index contributed by atoms with van der Waals surface area (Å²) < 4.78 is 0. The third-order valence-electron chi connectivity index (χ3n) is 19.2. The third-order valence-corrected chi connectivity index (χ3v) is 19.2. The Kier molecular flexibility index (Phi) is 16.8. The molecule has 0 amide bonds. The maximum Gasteiger partial charge on any atom is 0.0705 e. The molecule has 0 spiro atoms. The van der Waals surface area contributed by atoms with Crippen molar-refractivity contribution in [3.8, 4) is 167 Å². The van der Waals surface area contributed by atoms with Crippen molar-refractivity contribution in [2.24, 2.45) is 0 Å². The highest BCUT2D eigenvalue weighted by Gasteiger charge is 2.20. The molecule has 3 nitrogen and oxygen atoms in total. The number of benzene rings is 13. The molecule has 468 valence electrons. The zero-order valence-corrected chi connectivity index (χ0v) is 55.5. The number of nitrogens with zero attached hydrogens (tertiary/aromatic N) is 3. The van der Waals surface area contributed by atoms with Gasteiger partial charge in [-0.05, 0) is 227 Å². The Balaban J connectivity index is 0.777. The van der Waals surface area contributed by atoms with Gasteiger partial charge in [-0.1, -0.05) is 273 Å². The molecule has 3 heterocycles. The van der Waals surface area contributed by atoms with E-state index in [1.165, 1.54) is 50.1 Å². The van der Waals surface area contributed by atoms with Gasteiger partial charge in [0.05, 0.1) is 17.1 Å². The largest absolute Gasteiger partial charge is 0.256 e. The first-order chi connectivity index (χ1) is 48.8. The van der Waals surface area contributed by atoms with E-state index in [4.69, 9.17) is 15.0 Å². The lowest BCUT2D eigenvalue weighted by atomic mass is 9.85. The van der Waals surface area contributed by atoms with Gasteiger partial charge in [0, 0.05) is 52.0 Å². The molecule has 99 heavy (non-hydrogen) atoms. The minimum atomic E-state index is 0.930. The van der Waals surface area contributed by atoms with Gasteiger partial charge in [-0.2, -0.15) is 0 Å². The Bertz CT molecular complexity index is 5090. The van der Waals surface area contributed by atoms with Gasteiger partial charge in [0.2, 0.25) is 0 Å². The average Bonchev–Trinajstić information content (AvgIpc) is 0.767. The van der Waals surface area contributed by atoms with Crippen LogP contribution in [0, 0.1) is 20.8 Å². The molecule has 0 aliphatic carbocycles. The zero-order chi connectivity index (χ0) is 66.6. The van der Waals surface area contributed by atoms with Crippen LogP contribution in [-0.4, -0.2) is 15.0 Å². The van der Waals surface area contributed by atoms with Crippen LogP contribution in [0.15, 0.2) is 364 Å². The van der Waals surface area contributed by atoms with Crippen LogP contribution in [0.2, 0.25) is 0 Å². The lowest BCUT2D eigenvalue weighted by Crippen LogP contribution is -1.95. The van der Waals surface area contributed by atoms with Gasteiger partial charge >= 0.3 is 0 Å². The second kappa shape index (κ2) is 27.2. The first-order valence-corrected chi connectivity index (χ1v) is 33.9. The van der Waals surface area contributed by atoms with Crippen molar-refractivity contribution in [1.82, 2.24) is 15.0 Å². The Labute approximate surface area is 580 Å². The number of rotatable bonds is 15. The molecule has 0 bridgehead atoms. The fourth-order valence-electron chi connectivity index (χ4n) is 14.1. The molecular formula is C96H69N3. The van der Waals surface area contributed by atoms with Gasteiger partial charge in [0.1, 0.15) is 0 Å². The van der Waals surface area contributed by atoms with E-state index in [2.05, 4.69) is 385 Å². The molecule has 16 aromatic rings. The monoisotopic (exact) mass is 1260 g/mol. The number of pyridine rings is 3. The second-order valence-corrected chi connectivity index (χ2v) is 25.7. The average molecular weight is 1260 g/mol. The van der Waals surface area contributed by atoms with Crippen molar-refractivity contribution >= 4 is 0 Å². The number of hydrogen-bond donors (Lipinski definition) is 0. The number of aromatic nitrogens is 3. The molecule has 3 aromatic heterocycles. The number of aryl methyl sites for hydroxylation is 3. The first kappa shape index (κ1) is 61.2. The van der Waals surface area contributed by atoms with Crippen LogP contribution >= 0.6 is 0 Å². The minimum Gasteiger partial charge on any atom is -0.256 e. The first-order valence-electron chi connectivity index (χ1n) is 33.9. The lowest BCUT2D eigenvalue weighted by Gasteiger charge is -2.19. The van der Waals surface area contributed by atoms with Crippen LogP contribution in [0.5, 0.6) is 0 Å². The molecule has 0 aliphatic heterocycles. The van der Waals surface area contributed by atoms with Gasteiger partial charge in [0.15, 0.2) is 0 Å². The number of hydrogen-bond acceptors (Lipinski definition) is 3. The van der Waals surface area contributed by atoms with E-state index in [-0.39, 0.29) is 0 Å². The molecule has 0 saturated heterocycles. The topological polar surface area (TPSA) is 38.7 Å². The highest BCUT2D eigenvalue weighted by atomic mass is 14.7. The molecule has 0 aliphatic rings. The molecule has 16 rings (SSSR count). The summed E-state index contributed by atoms with van der Waals surface area (Å²) in [6, 6.07) is 125. The van der Waals surface area contributed by atoms with Crippen LogP contribution in [0.4, 0.5) is 0 Å². The summed E-state index contributed by atoms with van der Waals surface area (Å²) in [4.78, 5) is 15.8. The quantitative estimate of drug-likeness (QED) is 0.103. The summed E-state index contributed by atoms with van der Waals surface area (Å²) in [6.07, 6.45) is 6.21. The van der Waals surface area contributed by atoms with E-state index < -0.39 is 0 Å². The highest BCUT2D eigenvalue weighted by Crippen LogP contribution is 2.45. The van der Waals surface area contributed by atoms with Crippen molar-refractivity contribution in [2.45, 2.75) is 20.8 Å². The van der Waals surface area contributed by atoms with Crippen LogP contribution in [-0.2, 0) is 0 Å². The van der Waals surface area contributed by atoms with Gasteiger partial charge in [-0.15, -0.1) is 0 Å². The predicted octanol–water partition coefficient (Wildman–Crippen LogP) is 25.8. The van der Waals surface area contributed by atoms with Crippen molar-refractivity contribution in [3.63, 3.8) is 0 Å². The van der Waals surface area contributed by atoms with E-state index in [0.717, 1.165) is 134 Å². The van der Waals surface area contributed by atoms with E-state index in [9.17, 15) is 0 Å². The summed E-state index contributed by atoms with van der Waals surface area (Å²) in [6.45, 7) is 6.64. The molecule has 0 radical (unpaired) electrons. The zero-order valence-electron chi connectivity index (χ0n) is 55.5. The van der Waals surface area contributed by atoms with Crippen LogP contribution in [0.25, 0.3) is 167 Å². The molecular weight excluding hydrogens is 1200 g/mol. The van der Waals surface area contributed by atoms with Crippen molar-refractivity contribution < 1.29 is 0 Å². The van der Waals surface area contributed by atoms with Gasteiger partial charge in [-0.25, -0.2) is 0 Å². The molecule has 0 atom stereocenters. The predicted molar refractivity (Wildman–Crippen MR) is 416 cm³/mol. The maximum absolute atomic E-state index is 5.26. The summed E-state index contributed by atoms with van der Waals surface area (Å²) in [7, 11) is 0. The fraction of sp³-hybridized carbons (Fsp3) is 0.0312. The summed E-state index contributed by atoms with van der Waals surface area (Å²) >= 11 is 0. The summed E-state index contributed by atoms with van der Waals surface area (Å²) in [5.74, 6) is 0. The highest BCUT2D eigenvalue weighted by molar-refractivity contribution is 5.96. The van der Waals surface area contributed by atoms with Crippen molar-refractivity contribution in [1.29, 1.82) is 0 Å². The Morgan fingerprint density at radius 3 is 0.566 bits per heavy atom. The van der Waals surface area contributed by atoms with Gasteiger partial charge < -0.3 is 0 Å². The summed E-state index contributed by atoms with van der Waals surface area (Å²) in [5, 5.41) is 0. The standard InChI is InChI=1S/C96H69N3/c1-64-49-94(79-40-22-37-76(55-79)73-34-19-31-70(52-73)67-25-7-4-8-26-67)97-61-91(64)88-46-16-13-43-85(88)82-58-83(86-44-14-17-47-89(86)92-62-98-95(50-65(92)2)80-41-23-38-77(56-80)74-35-20-32-71(53-74)68-27-9-5-10-28-68)60-84(59-82)87-45-15-18-48-90(87)93-63-99-96(51-66(93)3)81-42-24-39-78(57-81)75-36-21-33-72(54-75)69-29-11-6-12-30-69/h4-63H,1-3H3. The van der Waals surface area contributed by atoms with E-state index in [1.807, 2.05) is 0 Å². The van der Waals surface area contributed by atoms with Crippen molar-refractivity contribution in [2.75, 3.05) is 0 Å². The SMILES string of the molecule is Cc1cc(-c2cccc(-c3cccc(-c4ccccc4)c3)c2)ncc1-c1ccccc1-c1cc(-c2ccccc2-c2cnc(-c3cccc(-c4cccc(-c5ccccc5)c4)c3)cc2C)cc(-c2ccccc2-c2cnc(-c3cccc(-c4cccc(-c5ccccc5)c4)c3)cc2C)c1. The Morgan fingerprint density at radius 2 is 0.323 bits per heavy atom. The van der Waals surface area contributed by atoms with E-state index in [1.54, 1.807) is 0 Å². The second-order valence-electron chi connectivity index (χ2n) is 25.7. The molecule has 0 unspecified atom stereocenters. The smallest absolute Gasteiger partial charge is 0.0705 e. The van der Waals surface area contributed by atoms with Gasteiger partial charge in [-0.3, -0.25) is 15.0 Å². The van der Waals surface area contributed by atoms with Gasteiger partial charge in [0.25, 0.3) is 0 Å².